The Bertz CT molecular complexity index is 396. The number of benzene rings is 1. The summed E-state index contributed by atoms with van der Waals surface area (Å²) in [5, 5.41) is 14.5. The molecule has 0 heterocycles. The molecule has 0 aromatic heterocycles. The van der Waals surface area contributed by atoms with Crippen molar-refractivity contribution in [3.63, 3.8) is 0 Å². The molecule has 1 rings (SSSR count). The lowest BCUT2D eigenvalue weighted by atomic mass is 10.2. The number of para-hydroxylation sites is 1. The average Bonchev–Trinajstić information content (AvgIpc) is 2.30. The minimum absolute atomic E-state index is 0.103. The summed E-state index contributed by atoms with van der Waals surface area (Å²) >= 11 is 0. The summed E-state index contributed by atoms with van der Waals surface area (Å²) in [5.74, 6) is 2.19. The molecule has 3 N–H and O–H groups in total. The molecule has 1 amide bonds. The largest absolute Gasteiger partial charge is 0.392 e. The highest BCUT2D eigenvalue weighted by atomic mass is 16.3. The van der Waals surface area contributed by atoms with Crippen LogP contribution in [-0.4, -0.2) is 24.1 Å². The number of hydrogen-bond acceptors (Lipinski definition) is 3. The van der Waals surface area contributed by atoms with Crippen molar-refractivity contribution in [1.29, 1.82) is 0 Å². The van der Waals surface area contributed by atoms with Crippen molar-refractivity contribution in [3.05, 3.63) is 29.8 Å². The van der Waals surface area contributed by atoms with Gasteiger partial charge in [0.05, 0.1) is 19.7 Å². The molecular weight excluding hydrogens is 204 g/mol. The van der Waals surface area contributed by atoms with Crippen LogP contribution in [0.3, 0.4) is 0 Å². The van der Waals surface area contributed by atoms with E-state index in [1.807, 2.05) is 0 Å². The Hall–Kier alpha value is -1.83. The first-order valence-electron chi connectivity index (χ1n) is 4.90. The van der Waals surface area contributed by atoms with Gasteiger partial charge in [0.15, 0.2) is 0 Å². The highest BCUT2D eigenvalue weighted by Crippen LogP contribution is 2.14. The Kier molecular flexibility index (Phi) is 5.06. The van der Waals surface area contributed by atoms with Crippen LogP contribution in [0.4, 0.5) is 5.69 Å². The molecule has 0 aliphatic carbocycles. The zero-order chi connectivity index (χ0) is 11.8. The van der Waals surface area contributed by atoms with E-state index in [0.717, 1.165) is 0 Å². The van der Waals surface area contributed by atoms with Gasteiger partial charge in [-0.1, -0.05) is 24.1 Å². The van der Waals surface area contributed by atoms with Crippen LogP contribution >= 0.6 is 0 Å². The van der Waals surface area contributed by atoms with Gasteiger partial charge in [-0.3, -0.25) is 10.1 Å². The maximum Gasteiger partial charge on any atom is 0.238 e. The summed E-state index contributed by atoms with van der Waals surface area (Å²) in [6, 6.07) is 7.09. The minimum Gasteiger partial charge on any atom is -0.392 e. The molecule has 84 valence electrons. The number of rotatable bonds is 5. The number of aliphatic hydroxyl groups is 1. The highest BCUT2D eigenvalue weighted by molar-refractivity contribution is 5.92. The first-order chi connectivity index (χ1) is 7.77. The molecule has 0 radical (unpaired) electrons. The molecule has 0 saturated heterocycles. The zero-order valence-corrected chi connectivity index (χ0v) is 8.86. The second-order valence-electron chi connectivity index (χ2n) is 3.17. The van der Waals surface area contributed by atoms with Gasteiger partial charge < -0.3 is 10.4 Å². The zero-order valence-electron chi connectivity index (χ0n) is 8.86. The van der Waals surface area contributed by atoms with Crippen LogP contribution in [0.25, 0.3) is 0 Å². The molecule has 0 saturated carbocycles. The van der Waals surface area contributed by atoms with E-state index < -0.39 is 0 Å². The number of carbonyl (C=O) groups excluding carboxylic acids is 1. The summed E-state index contributed by atoms with van der Waals surface area (Å²) in [6.45, 7) is 0.410. The van der Waals surface area contributed by atoms with Crippen molar-refractivity contribution in [2.24, 2.45) is 0 Å². The lowest BCUT2D eigenvalue weighted by molar-refractivity contribution is -0.115. The number of nitrogens with one attached hydrogen (secondary N) is 2. The molecule has 0 atom stereocenters. The Morgan fingerprint density at radius 3 is 2.88 bits per heavy atom. The molecule has 0 unspecified atom stereocenters. The van der Waals surface area contributed by atoms with Gasteiger partial charge in [0, 0.05) is 11.3 Å². The van der Waals surface area contributed by atoms with Crippen molar-refractivity contribution < 1.29 is 9.90 Å². The third-order valence-electron chi connectivity index (χ3n) is 1.97. The van der Waals surface area contributed by atoms with E-state index >= 15 is 0 Å². The predicted molar refractivity (Wildman–Crippen MR) is 62.7 cm³/mol. The van der Waals surface area contributed by atoms with Crippen molar-refractivity contribution in [2.75, 3.05) is 18.4 Å². The summed E-state index contributed by atoms with van der Waals surface area (Å²) in [7, 11) is 0. The molecule has 0 bridgehead atoms. The Labute approximate surface area is 94.7 Å². The fourth-order valence-electron chi connectivity index (χ4n) is 1.22. The lowest BCUT2D eigenvalue weighted by Gasteiger charge is -2.08. The van der Waals surface area contributed by atoms with Gasteiger partial charge in [-0.25, -0.2) is 0 Å². The lowest BCUT2D eigenvalue weighted by Crippen LogP contribution is -2.28. The molecule has 0 fully saturated rings. The molecule has 0 spiro atoms. The van der Waals surface area contributed by atoms with Crippen molar-refractivity contribution in [2.45, 2.75) is 6.61 Å². The van der Waals surface area contributed by atoms with Crippen LogP contribution in [0.1, 0.15) is 5.56 Å². The molecule has 0 aliphatic rings. The first kappa shape index (κ1) is 12.2. The van der Waals surface area contributed by atoms with Gasteiger partial charge in [-0.05, 0) is 6.07 Å². The van der Waals surface area contributed by atoms with Crippen LogP contribution in [0.15, 0.2) is 24.3 Å². The van der Waals surface area contributed by atoms with Gasteiger partial charge in [0.25, 0.3) is 0 Å². The van der Waals surface area contributed by atoms with Crippen LogP contribution in [0, 0.1) is 12.3 Å². The molecule has 4 heteroatoms. The summed E-state index contributed by atoms with van der Waals surface area (Å²) < 4.78 is 0. The van der Waals surface area contributed by atoms with E-state index in [-0.39, 0.29) is 19.1 Å². The van der Waals surface area contributed by atoms with E-state index in [0.29, 0.717) is 17.8 Å². The number of carbonyl (C=O) groups is 1. The smallest absolute Gasteiger partial charge is 0.238 e. The number of anilines is 1. The maximum absolute atomic E-state index is 11.4. The van der Waals surface area contributed by atoms with Gasteiger partial charge in [0.1, 0.15) is 0 Å². The first-order valence-corrected chi connectivity index (χ1v) is 4.90. The van der Waals surface area contributed by atoms with Crippen molar-refractivity contribution in [1.82, 2.24) is 5.32 Å². The Morgan fingerprint density at radius 2 is 2.19 bits per heavy atom. The fourth-order valence-corrected chi connectivity index (χ4v) is 1.22. The van der Waals surface area contributed by atoms with Crippen LogP contribution < -0.4 is 10.6 Å². The summed E-state index contributed by atoms with van der Waals surface area (Å²) in [6.07, 6.45) is 5.04. The third-order valence-corrected chi connectivity index (χ3v) is 1.97. The van der Waals surface area contributed by atoms with Gasteiger partial charge in [-0.2, -0.15) is 0 Å². The monoisotopic (exact) mass is 218 g/mol. The summed E-state index contributed by atoms with van der Waals surface area (Å²) in [4.78, 5) is 11.4. The van der Waals surface area contributed by atoms with Crippen molar-refractivity contribution in [3.8, 4) is 12.3 Å². The van der Waals surface area contributed by atoms with E-state index in [2.05, 4.69) is 16.6 Å². The second kappa shape index (κ2) is 6.62. The van der Waals surface area contributed by atoms with Crippen LogP contribution in [0.5, 0.6) is 0 Å². The van der Waals surface area contributed by atoms with E-state index in [1.165, 1.54) is 0 Å². The molecule has 1 aromatic rings. The standard InChI is InChI=1S/C12H14N2O2/c1-2-7-13-8-12(16)14-11-6-4-3-5-10(11)9-15/h1,3-6,13,15H,7-9H2,(H,14,16). The maximum atomic E-state index is 11.4. The van der Waals surface area contributed by atoms with E-state index in [4.69, 9.17) is 11.5 Å². The van der Waals surface area contributed by atoms with Gasteiger partial charge in [0.2, 0.25) is 5.91 Å². The van der Waals surface area contributed by atoms with Gasteiger partial charge in [-0.15, -0.1) is 6.42 Å². The number of aliphatic hydroxyl groups excluding tert-OH is 1. The predicted octanol–water partition coefficient (Wildman–Crippen LogP) is 0.340. The quantitative estimate of drug-likeness (QED) is 0.493. The van der Waals surface area contributed by atoms with E-state index in [9.17, 15) is 4.79 Å². The third kappa shape index (κ3) is 3.73. The number of amides is 1. The number of terminal acetylenes is 1. The Balaban J connectivity index is 2.53. The normalized spacial score (nSPS) is 9.50. The molecular formula is C12H14N2O2. The van der Waals surface area contributed by atoms with E-state index in [1.54, 1.807) is 24.3 Å². The van der Waals surface area contributed by atoms with Crippen LogP contribution in [0.2, 0.25) is 0 Å². The average molecular weight is 218 g/mol. The SMILES string of the molecule is C#CCNCC(=O)Nc1ccccc1CO. The van der Waals surface area contributed by atoms with Crippen molar-refractivity contribution >= 4 is 11.6 Å². The summed E-state index contributed by atoms with van der Waals surface area (Å²) in [5.41, 5.74) is 1.31. The van der Waals surface area contributed by atoms with Gasteiger partial charge >= 0.3 is 0 Å². The highest BCUT2D eigenvalue weighted by Gasteiger charge is 2.04. The second-order valence-corrected chi connectivity index (χ2v) is 3.17. The topological polar surface area (TPSA) is 61.4 Å². The Morgan fingerprint density at radius 1 is 1.44 bits per heavy atom. The molecule has 1 aromatic carbocycles. The minimum atomic E-state index is -0.184. The van der Waals surface area contributed by atoms with Crippen LogP contribution in [-0.2, 0) is 11.4 Å². The number of hydrogen-bond donors (Lipinski definition) is 3. The molecule has 0 aliphatic heterocycles. The molecule has 16 heavy (non-hydrogen) atoms. The molecule has 4 nitrogen and oxygen atoms in total. The fraction of sp³-hybridized carbons (Fsp3) is 0.250.